The molecule has 0 bridgehead atoms. The lowest BCUT2D eigenvalue weighted by Gasteiger charge is -2.48. The first-order valence-corrected chi connectivity index (χ1v) is 12.0. The Bertz CT molecular complexity index is 841. The van der Waals surface area contributed by atoms with Crippen LogP contribution < -0.4 is 5.32 Å². The van der Waals surface area contributed by atoms with Crippen LogP contribution >= 0.6 is 11.8 Å². The van der Waals surface area contributed by atoms with Crippen LogP contribution in [0.4, 0.5) is 0 Å². The van der Waals surface area contributed by atoms with Crippen LogP contribution in [0.1, 0.15) is 37.7 Å². The van der Waals surface area contributed by atoms with Gasteiger partial charge in [-0.3, -0.25) is 14.3 Å². The van der Waals surface area contributed by atoms with Crippen LogP contribution in [0.5, 0.6) is 0 Å². The molecule has 1 N–H and O–H groups in total. The summed E-state index contributed by atoms with van der Waals surface area (Å²) in [5.41, 5.74) is 2.38. The Morgan fingerprint density at radius 2 is 2.03 bits per heavy atom. The summed E-state index contributed by atoms with van der Waals surface area (Å²) in [6, 6.07) is 8.31. The molecule has 0 spiro atoms. The predicted molar refractivity (Wildman–Crippen MR) is 120 cm³/mol. The van der Waals surface area contributed by atoms with Crippen molar-refractivity contribution in [2.75, 3.05) is 38.6 Å². The molecule has 4 rings (SSSR count). The van der Waals surface area contributed by atoms with Crippen LogP contribution in [-0.4, -0.2) is 64.5 Å². The van der Waals surface area contributed by atoms with Crippen molar-refractivity contribution in [3.63, 3.8) is 0 Å². The van der Waals surface area contributed by atoms with Gasteiger partial charge in [-0.05, 0) is 37.5 Å². The van der Waals surface area contributed by atoms with E-state index >= 15 is 0 Å². The van der Waals surface area contributed by atoms with Crippen LogP contribution in [0.3, 0.4) is 0 Å². The van der Waals surface area contributed by atoms with Gasteiger partial charge in [-0.1, -0.05) is 43.2 Å². The molecule has 7 heteroatoms. The van der Waals surface area contributed by atoms with Crippen LogP contribution in [0.25, 0.3) is 5.69 Å². The normalized spacial score (nSPS) is 19.5. The monoisotopic (exact) mass is 428 g/mol. The molecule has 1 aliphatic carbocycles. The van der Waals surface area contributed by atoms with E-state index in [2.05, 4.69) is 40.3 Å². The SMILES string of the molecule is Cc1cccc(-n2ccnc2SCC(=O)NCC2(N3CCOCC3)CCCCC2)c1. The zero-order valence-corrected chi connectivity index (χ0v) is 18.6. The fraction of sp³-hybridized carbons (Fsp3) is 0.565. The van der Waals surface area contributed by atoms with Gasteiger partial charge in [0.05, 0.1) is 19.0 Å². The maximum Gasteiger partial charge on any atom is 0.230 e. The minimum atomic E-state index is 0.0806. The van der Waals surface area contributed by atoms with Crippen molar-refractivity contribution in [3.05, 3.63) is 42.2 Å². The van der Waals surface area contributed by atoms with E-state index in [0.717, 1.165) is 56.5 Å². The summed E-state index contributed by atoms with van der Waals surface area (Å²) in [5.74, 6) is 0.458. The van der Waals surface area contributed by atoms with E-state index < -0.39 is 0 Å². The van der Waals surface area contributed by atoms with E-state index in [1.807, 2.05) is 16.8 Å². The maximum atomic E-state index is 12.7. The smallest absolute Gasteiger partial charge is 0.230 e. The summed E-state index contributed by atoms with van der Waals surface area (Å²) in [6.07, 6.45) is 9.86. The number of carbonyl (C=O) groups is 1. The van der Waals surface area contributed by atoms with Gasteiger partial charge in [0.15, 0.2) is 5.16 Å². The predicted octanol–water partition coefficient (Wildman–Crippen LogP) is 3.42. The number of morpholine rings is 1. The van der Waals surface area contributed by atoms with Crippen LogP contribution in [0.2, 0.25) is 0 Å². The Kier molecular flexibility index (Phi) is 7.12. The highest BCUT2D eigenvalue weighted by Gasteiger charge is 2.38. The van der Waals surface area contributed by atoms with E-state index in [9.17, 15) is 4.79 Å². The van der Waals surface area contributed by atoms with Gasteiger partial charge in [-0.25, -0.2) is 4.98 Å². The molecule has 1 aromatic heterocycles. The summed E-state index contributed by atoms with van der Waals surface area (Å²) in [5, 5.41) is 4.09. The average Bonchev–Trinajstić information content (AvgIpc) is 3.26. The number of carbonyl (C=O) groups excluding carboxylic acids is 1. The highest BCUT2D eigenvalue weighted by Crippen LogP contribution is 2.34. The quantitative estimate of drug-likeness (QED) is 0.685. The Morgan fingerprint density at radius 1 is 1.23 bits per heavy atom. The van der Waals surface area contributed by atoms with E-state index in [-0.39, 0.29) is 11.4 Å². The van der Waals surface area contributed by atoms with Crippen molar-refractivity contribution in [2.45, 2.75) is 49.7 Å². The summed E-state index contributed by atoms with van der Waals surface area (Å²) < 4.78 is 7.60. The number of thioether (sulfide) groups is 1. The number of imidazole rings is 1. The summed E-state index contributed by atoms with van der Waals surface area (Å²) in [7, 11) is 0. The Balaban J connectivity index is 1.34. The van der Waals surface area contributed by atoms with Gasteiger partial charge in [0, 0.05) is 43.3 Å². The van der Waals surface area contributed by atoms with E-state index in [1.165, 1.54) is 36.6 Å². The molecule has 0 unspecified atom stereocenters. The summed E-state index contributed by atoms with van der Waals surface area (Å²) in [4.78, 5) is 19.7. The number of ether oxygens (including phenoxy) is 1. The number of nitrogens with one attached hydrogen (secondary N) is 1. The van der Waals surface area contributed by atoms with Crippen molar-refractivity contribution < 1.29 is 9.53 Å². The molecule has 2 heterocycles. The van der Waals surface area contributed by atoms with Gasteiger partial charge in [0.2, 0.25) is 5.91 Å². The number of rotatable bonds is 7. The second-order valence-electron chi connectivity index (χ2n) is 8.37. The van der Waals surface area contributed by atoms with Gasteiger partial charge in [-0.2, -0.15) is 0 Å². The van der Waals surface area contributed by atoms with Gasteiger partial charge >= 0.3 is 0 Å². The molecular formula is C23H32N4O2S. The molecule has 6 nitrogen and oxygen atoms in total. The molecule has 1 aromatic carbocycles. The number of amides is 1. The molecule has 0 atom stereocenters. The molecule has 30 heavy (non-hydrogen) atoms. The number of aryl methyl sites for hydroxylation is 1. The first-order valence-electron chi connectivity index (χ1n) is 11.0. The Morgan fingerprint density at radius 3 is 2.80 bits per heavy atom. The third kappa shape index (κ3) is 5.07. The number of hydrogen-bond donors (Lipinski definition) is 1. The van der Waals surface area contributed by atoms with Crippen molar-refractivity contribution in [1.29, 1.82) is 0 Å². The van der Waals surface area contributed by atoms with Crippen LogP contribution in [-0.2, 0) is 9.53 Å². The first-order chi connectivity index (χ1) is 14.7. The zero-order valence-electron chi connectivity index (χ0n) is 17.8. The lowest BCUT2D eigenvalue weighted by atomic mass is 9.79. The first kappa shape index (κ1) is 21.4. The highest BCUT2D eigenvalue weighted by atomic mass is 32.2. The summed E-state index contributed by atoms with van der Waals surface area (Å²) >= 11 is 1.49. The standard InChI is InChI=1S/C23H32N4O2S/c1-19-6-5-7-20(16-19)27-11-10-24-22(27)30-17-21(28)25-18-23(8-3-2-4-9-23)26-12-14-29-15-13-26/h5-7,10-11,16H,2-4,8-9,12-15,17-18H2,1H3,(H,25,28). The fourth-order valence-corrected chi connectivity index (χ4v) is 5.47. The van der Waals surface area contributed by atoms with Crippen LogP contribution in [0.15, 0.2) is 41.8 Å². The second kappa shape index (κ2) is 9.98. The Labute approximate surface area is 183 Å². The van der Waals surface area contributed by atoms with Crippen molar-refractivity contribution >= 4 is 17.7 Å². The van der Waals surface area contributed by atoms with Gasteiger partial charge in [-0.15, -0.1) is 0 Å². The molecule has 2 aromatic rings. The van der Waals surface area contributed by atoms with Crippen molar-refractivity contribution in [3.8, 4) is 5.69 Å². The van der Waals surface area contributed by atoms with E-state index in [4.69, 9.17) is 4.74 Å². The van der Waals surface area contributed by atoms with E-state index in [1.54, 1.807) is 6.20 Å². The number of benzene rings is 1. The molecule has 0 radical (unpaired) electrons. The summed E-state index contributed by atoms with van der Waals surface area (Å²) in [6.45, 7) is 6.35. The molecule has 2 aliphatic rings. The number of aromatic nitrogens is 2. The molecule has 1 aliphatic heterocycles. The fourth-order valence-electron chi connectivity index (χ4n) is 4.67. The minimum Gasteiger partial charge on any atom is -0.379 e. The molecule has 1 saturated carbocycles. The van der Waals surface area contributed by atoms with Gasteiger partial charge in [0.25, 0.3) is 0 Å². The number of hydrogen-bond acceptors (Lipinski definition) is 5. The second-order valence-corrected chi connectivity index (χ2v) is 9.31. The zero-order chi connectivity index (χ0) is 20.8. The topological polar surface area (TPSA) is 59.4 Å². The van der Waals surface area contributed by atoms with Gasteiger partial charge < -0.3 is 10.1 Å². The average molecular weight is 429 g/mol. The molecule has 1 amide bonds. The van der Waals surface area contributed by atoms with Crippen LogP contribution in [0, 0.1) is 6.92 Å². The largest absolute Gasteiger partial charge is 0.379 e. The van der Waals surface area contributed by atoms with Gasteiger partial charge in [0.1, 0.15) is 0 Å². The van der Waals surface area contributed by atoms with E-state index in [0.29, 0.717) is 5.75 Å². The third-order valence-electron chi connectivity index (χ3n) is 6.30. The molecule has 1 saturated heterocycles. The minimum absolute atomic E-state index is 0.0806. The lowest BCUT2D eigenvalue weighted by Crippen LogP contribution is -2.59. The van der Waals surface area contributed by atoms with Crippen molar-refractivity contribution in [2.24, 2.45) is 0 Å². The third-order valence-corrected chi connectivity index (χ3v) is 7.27. The molecular weight excluding hydrogens is 396 g/mol. The highest BCUT2D eigenvalue weighted by molar-refractivity contribution is 7.99. The maximum absolute atomic E-state index is 12.7. The number of nitrogens with zero attached hydrogens (tertiary/aromatic N) is 3. The van der Waals surface area contributed by atoms with Crippen molar-refractivity contribution in [1.82, 2.24) is 19.8 Å². The Hall–Kier alpha value is -1.83. The molecule has 2 fully saturated rings. The molecule has 162 valence electrons. The lowest BCUT2D eigenvalue weighted by molar-refractivity contribution is -0.119.